The number of rotatable bonds is 6. The molecule has 0 radical (unpaired) electrons. The standard InChI is InChI=1S/C26H31N3O2/c1-4-27-14-16-28(17-15-27)24-23(22-11-10-19(2)20(3)18-22)25(30)29(26(24)31)13-12-21-8-6-5-7-9-21/h5-11,18H,4,12-17H2,1-3H3. The molecule has 0 N–H and O–H groups in total. The Morgan fingerprint density at radius 1 is 0.839 bits per heavy atom. The topological polar surface area (TPSA) is 43.9 Å². The van der Waals surface area contributed by atoms with Crippen molar-refractivity contribution in [2.75, 3.05) is 39.3 Å². The number of hydrogen-bond acceptors (Lipinski definition) is 4. The fourth-order valence-electron chi connectivity index (χ4n) is 4.39. The summed E-state index contributed by atoms with van der Waals surface area (Å²) in [6.45, 7) is 11.0. The molecule has 0 aromatic heterocycles. The van der Waals surface area contributed by atoms with Gasteiger partial charge in [-0.1, -0.05) is 55.5 Å². The first-order valence-electron chi connectivity index (χ1n) is 11.2. The molecule has 31 heavy (non-hydrogen) atoms. The summed E-state index contributed by atoms with van der Waals surface area (Å²) in [5.74, 6) is -0.323. The molecule has 1 fully saturated rings. The molecule has 5 nitrogen and oxygen atoms in total. The fraction of sp³-hybridized carbons (Fsp3) is 0.385. The molecule has 2 aromatic rings. The zero-order valence-electron chi connectivity index (χ0n) is 18.7. The molecule has 162 valence electrons. The number of piperazine rings is 1. The molecule has 0 spiro atoms. The van der Waals surface area contributed by atoms with E-state index in [-0.39, 0.29) is 11.8 Å². The molecule has 2 amide bonds. The minimum absolute atomic E-state index is 0.154. The number of imide groups is 1. The summed E-state index contributed by atoms with van der Waals surface area (Å²) in [6.07, 6.45) is 0.662. The normalized spacial score (nSPS) is 17.8. The second kappa shape index (κ2) is 9.06. The van der Waals surface area contributed by atoms with Crippen molar-refractivity contribution in [3.63, 3.8) is 0 Å². The maximum atomic E-state index is 13.5. The highest BCUT2D eigenvalue weighted by Gasteiger charge is 2.41. The van der Waals surface area contributed by atoms with Crippen LogP contribution in [0.2, 0.25) is 0 Å². The molecule has 0 aliphatic carbocycles. The molecule has 1 saturated heterocycles. The number of carbonyl (C=O) groups excluding carboxylic acids is 2. The van der Waals surface area contributed by atoms with Crippen molar-refractivity contribution < 1.29 is 9.59 Å². The lowest BCUT2D eigenvalue weighted by molar-refractivity contribution is -0.137. The second-order valence-electron chi connectivity index (χ2n) is 8.44. The Hall–Kier alpha value is -2.92. The van der Waals surface area contributed by atoms with Gasteiger partial charge in [0.1, 0.15) is 5.70 Å². The highest BCUT2D eigenvalue weighted by atomic mass is 16.2. The third kappa shape index (κ3) is 4.28. The maximum Gasteiger partial charge on any atom is 0.277 e. The molecule has 5 heteroatoms. The number of amides is 2. The van der Waals surface area contributed by atoms with Crippen molar-refractivity contribution >= 4 is 17.4 Å². The van der Waals surface area contributed by atoms with Gasteiger partial charge in [0.2, 0.25) is 0 Å². The van der Waals surface area contributed by atoms with Gasteiger partial charge in [0.05, 0.1) is 5.57 Å². The summed E-state index contributed by atoms with van der Waals surface area (Å²) in [5.41, 5.74) is 5.42. The summed E-state index contributed by atoms with van der Waals surface area (Å²) in [5, 5.41) is 0. The summed E-state index contributed by atoms with van der Waals surface area (Å²) in [4.78, 5) is 33.0. The summed E-state index contributed by atoms with van der Waals surface area (Å²) >= 11 is 0. The predicted molar refractivity (Wildman–Crippen MR) is 123 cm³/mol. The van der Waals surface area contributed by atoms with Gasteiger partial charge in [-0.05, 0) is 49.1 Å². The van der Waals surface area contributed by atoms with Crippen LogP contribution >= 0.6 is 0 Å². The van der Waals surface area contributed by atoms with Gasteiger partial charge in [-0.2, -0.15) is 0 Å². The smallest absolute Gasteiger partial charge is 0.277 e. The van der Waals surface area contributed by atoms with Crippen LogP contribution in [0.1, 0.15) is 29.2 Å². The number of carbonyl (C=O) groups is 2. The largest absolute Gasteiger partial charge is 0.364 e. The van der Waals surface area contributed by atoms with E-state index < -0.39 is 0 Å². The van der Waals surface area contributed by atoms with Gasteiger partial charge in [-0.25, -0.2) is 0 Å². The van der Waals surface area contributed by atoms with Gasteiger partial charge in [-0.3, -0.25) is 14.5 Å². The van der Waals surface area contributed by atoms with Crippen molar-refractivity contribution in [3.05, 3.63) is 76.5 Å². The van der Waals surface area contributed by atoms with E-state index in [1.807, 2.05) is 55.5 Å². The van der Waals surface area contributed by atoms with E-state index in [1.165, 1.54) is 10.5 Å². The van der Waals surface area contributed by atoms with Gasteiger partial charge < -0.3 is 9.80 Å². The third-order valence-electron chi connectivity index (χ3n) is 6.54. The Kier molecular flexibility index (Phi) is 6.23. The first kappa shape index (κ1) is 21.3. The van der Waals surface area contributed by atoms with E-state index in [0.717, 1.165) is 49.4 Å². The highest BCUT2D eigenvalue weighted by molar-refractivity contribution is 6.35. The van der Waals surface area contributed by atoms with Gasteiger partial charge in [-0.15, -0.1) is 0 Å². The Morgan fingerprint density at radius 2 is 1.55 bits per heavy atom. The number of hydrogen-bond donors (Lipinski definition) is 0. The Morgan fingerprint density at radius 3 is 2.19 bits per heavy atom. The number of benzene rings is 2. The predicted octanol–water partition coefficient (Wildman–Crippen LogP) is 3.26. The van der Waals surface area contributed by atoms with Gasteiger partial charge >= 0.3 is 0 Å². The van der Waals surface area contributed by atoms with Gasteiger partial charge in [0, 0.05) is 32.7 Å². The van der Waals surface area contributed by atoms with Crippen LogP contribution in [0, 0.1) is 13.8 Å². The minimum atomic E-state index is -0.169. The summed E-state index contributed by atoms with van der Waals surface area (Å²) in [7, 11) is 0. The van der Waals surface area contributed by atoms with Crippen LogP contribution in [-0.4, -0.2) is 65.8 Å². The van der Waals surface area contributed by atoms with Crippen LogP contribution < -0.4 is 0 Å². The van der Waals surface area contributed by atoms with Gasteiger partial charge in [0.15, 0.2) is 0 Å². The van der Waals surface area contributed by atoms with E-state index in [4.69, 9.17) is 0 Å². The first-order valence-corrected chi connectivity index (χ1v) is 11.2. The molecule has 2 aromatic carbocycles. The van der Waals surface area contributed by atoms with E-state index in [9.17, 15) is 9.59 Å². The molecular formula is C26H31N3O2. The SMILES string of the molecule is CCN1CCN(C2=C(c3ccc(C)c(C)c3)C(=O)N(CCc3ccccc3)C2=O)CC1. The van der Waals surface area contributed by atoms with Gasteiger partial charge in [0.25, 0.3) is 11.8 Å². The van der Waals surface area contributed by atoms with Crippen LogP contribution in [0.4, 0.5) is 0 Å². The van der Waals surface area contributed by atoms with Crippen LogP contribution in [0.5, 0.6) is 0 Å². The van der Waals surface area contributed by atoms with E-state index >= 15 is 0 Å². The molecule has 4 rings (SSSR count). The molecule has 2 aliphatic heterocycles. The summed E-state index contributed by atoms with van der Waals surface area (Å²) in [6, 6.07) is 16.1. The molecule has 0 saturated carbocycles. The maximum absolute atomic E-state index is 13.5. The quantitative estimate of drug-likeness (QED) is 0.677. The van der Waals surface area contributed by atoms with Crippen LogP contribution in [0.3, 0.4) is 0 Å². The Labute approximate surface area is 184 Å². The van der Waals surface area contributed by atoms with Crippen LogP contribution in [0.25, 0.3) is 5.57 Å². The van der Waals surface area contributed by atoms with Crippen LogP contribution in [-0.2, 0) is 16.0 Å². The molecule has 0 unspecified atom stereocenters. The lowest BCUT2D eigenvalue weighted by Crippen LogP contribution is -2.47. The zero-order valence-corrected chi connectivity index (χ0v) is 18.7. The Bertz CT molecular complexity index is 1000. The van der Waals surface area contributed by atoms with Crippen molar-refractivity contribution in [2.45, 2.75) is 27.2 Å². The zero-order chi connectivity index (χ0) is 22.0. The molecule has 2 aliphatic rings. The van der Waals surface area contributed by atoms with Crippen LogP contribution in [0.15, 0.2) is 54.2 Å². The lowest BCUT2D eigenvalue weighted by atomic mass is 9.99. The third-order valence-corrected chi connectivity index (χ3v) is 6.54. The van der Waals surface area contributed by atoms with E-state index in [0.29, 0.717) is 24.2 Å². The van der Waals surface area contributed by atoms with E-state index in [2.05, 4.69) is 23.6 Å². The lowest BCUT2D eigenvalue weighted by Gasteiger charge is -2.36. The Balaban J connectivity index is 1.66. The van der Waals surface area contributed by atoms with E-state index in [1.54, 1.807) is 0 Å². The van der Waals surface area contributed by atoms with Crippen molar-refractivity contribution in [1.82, 2.24) is 14.7 Å². The molecule has 0 atom stereocenters. The molecule has 0 bridgehead atoms. The average molecular weight is 418 g/mol. The summed E-state index contributed by atoms with van der Waals surface area (Å²) < 4.78 is 0. The highest BCUT2D eigenvalue weighted by Crippen LogP contribution is 2.33. The van der Waals surface area contributed by atoms with Crippen molar-refractivity contribution in [1.29, 1.82) is 0 Å². The fourth-order valence-corrected chi connectivity index (χ4v) is 4.39. The first-order chi connectivity index (χ1) is 15.0. The monoisotopic (exact) mass is 417 g/mol. The van der Waals surface area contributed by atoms with Crippen molar-refractivity contribution in [2.24, 2.45) is 0 Å². The molecule has 2 heterocycles. The number of aryl methyl sites for hydroxylation is 2. The number of nitrogens with zero attached hydrogens (tertiary/aromatic N) is 3. The number of likely N-dealkylation sites (N-methyl/N-ethyl adjacent to an activating group) is 1. The second-order valence-corrected chi connectivity index (χ2v) is 8.44. The molecular weight excluding hydrogens is 386 g/mol. The minimum Gasteiger partial charge on any atom is -0.364 e. The van der Waals surface area contributed by atoms with Crippen molar-refractivity contribution in [3.8, 4) is 0 Å². The average Bonchev–Trinajstić information content (AvgIpc) is 3.04.